The fourth-order valence-corrected chi connectivity index (χ4v) is 1.94. The van der Waals surface area contributed by atoms with E-state index in [-0.39, 0.29) is 24.3 Å². The number of carbonyl (C=O) groups excluding carboxylic acids is 1. The van der Waals surface area contributed by atoms with Crippen LogP contribution in [0.4, 0.5) is 0 Å². The van der Waals surface area contributed by atoms with Crippen molar-refractivity contribution in [2.24, 2.45) is 11.8 Å². The van der Waals surface area contributed by atoms with Crippen LogP contribution in [0.5, 0.6) is 0 Å². The number of allylic oxidation sites excluding steroid dienone is 6. The Bertz CT molecular complexity index is 404. The molecule has 0 unspecified atom stereocenters. The second-order valence-electron chi connectivity index (χ2n) is 5.19. The zero-order valence-electron chi connectivity index (χ0n) is 11.1. The van der Waals surface area contributed by atoms with Crippen LogP contribution in [0.1, 0.15) is 27.2 Å². The first-order valence-electron chi connectivity index (χ1n) is 6.45. The highest BCUT2D eigenvalue weighted by Crippen LogP contribution is 2.40. The van der Waals surface area contributed by atoms with Gasteiger partial charge in [0.15, 0.2) is 0 Å². The third-order valence-corrected chi connectivity index (χ3v) is 3.04. The third-order valence-electron chi connectivity index (χ3n) is 3.04. The van der Waals surface area contributed by atoms with E-state index in [0.29, 0.717) is 12.3 Å². The Kier molecular flexibility index (Phi) is 4.02. The van der Waals surface area contributed by atoms with E-state index in [2.05, 4.69) is 32.1 Å². The smallest absolute Gasteiger partial charge is 0.314 e. The minimum Gasteiger partial charge on any atom is -0.432 e. The Hall–Kier alpha value is -1.35. The first-order valence-corrected chi connectivity index (χ1v) is 6.45. The zero-order valence-corrected chi connectivity index (χ0v) is 11.1. The minimum atomic E-state index is -0.249. The Morgan fingerprint density at radius 1 is 1.44 bits per heavy atom. The van der Waals surface area contributed by atoms with Gasteiger partial charge in [-0.2, -0.15) is 0 Å². The van der Waals surface area contributed by atoms with Crippen LogP contribution in [-0.4, -0.2) is 18.4 Å². The minimum absolute atomic E-state index is 0.00673. The topological polar surface area (TPSA) is 38.8 Å². The predicted molar refractivity (Wildman–Crippen MR) is 69.7 cm³/mol. The third kappa shape index (κ3) is 3.33. The molecule has 3 atom stereocenters. The standard InChI is InChI=1S/C15H20O3/c1-10(2)6-4-7-11(3)8-5-9-12-13-15(17-13)18-14(12)16/h4-8,10,12-13,15H,9H2,1-3H3/b6-4+,8-5+,11-7+/t12-,13-,15+/m0/s1. The summed E-state index contributed by atoms with van der Waals surface area (Å²) in [5.74, 6) is 0.336. The Labute approximate surface area is 108 Å². The molecule has 2 rings (SSSR count). The van der Waals surface area contributed by atoms with Crippen LogP contribution in [0.2, 0.25) is 0 Å². The Morgan fingerprint density at radius 2 is 2.22 bits per heavy atom. The van der Waals surface area contributed by atoms with Crippen LogP contribution in [0, 0.1) is 11.8 Å². The van der Waals surface area contributed by atoms with Crippen molar-refractivity contribution in [1.82, 2.24) is 0 Å². The fourth-order valence-electron chi connectivity index (χ4n) is 1.94. The van der Waals surface area contributed by atoms with Crippen molar-refractivity contribution in [3.05, 3.63) is 36.0 Å². The molecule has 2 aliphatic heterocycles. The average molecular weight is 248 g/mol. The normalized spacial score (nSPS) is 31.4. The molecule has 98 valence electrons. The Balaban J connectivity index is 1.78. The average Bonchev–Trinajstić information content (AvgIpc) is 2.96. The van der Waals surface area contributed by atoms with Gasteiger partial charge in [-0.05, 0) is 19.3 Å². The van der Waals surface area contributed by atoms with Gasteiger partial charge in [-0.1, -0.05) is 49.8 Å². The summed E-state index contributed by atoms with van der Waals surface area (Å²) in [6.45, 7) is 6.34. The van der Waals surface area contributed by atoms with Gasteiger partial charge < -0.3 is 9.47 Å². The first kappa shape index (κ1) is 13.1. The molecular formula is C15H20O3. The Morgan fingerprint density at radius 3 is 2.83 bits per heavy atom. The molecule has 2 fully saturated rings. The number of fused-ring (bicyclic) bond motifs is 1. The van der Waals surface area contributed by atoms with Crippen LogP contribution in [-0.2, 0) is 14.3 Å². The van der Waals surface area contributed by atoms with E-state index < -0.39 is 0 Å². The maximum Gasteiger partial charge on any atom is 0.314 e. The van der Waals surface area contributed by atoms with Gasteiger partial charge in [-0.15, -0.1) is 0 Å². The van der Waals surface area contributed by atoms with Crippen molar-refractivity contribution in [3.8, 4) is 0 Å². The molecule has 0 radical (unpaired) electrons. The quantitative estimate of drug-likeness (QED) is 0.426. The highest BCUT2D eigenvalue weighted by Gasteiger charge is 2.57. The SMILES string of the molecule is CC(/C=C/C[C@@H]1C(=O)O[C@H]2O[C@H]21)=C\C=C\C(C)C. The van der Waals surface area contributed by atoms with E-state index in [9.17, 15) is 4.79 Å². The molecule has 0 bridgehead atoms. The largest absolute Gasteiger partial charge is 0.432 e. The molecule has 0 aromatic carbocycles. The van der Waals surface area contributed by atoms with Crippen LogP contribution in [0.25, 0.3) is 0 Å². The summed E-state index contributed by atoms with van der Waals surface area (Å²) in [6, 6.07) is 0. The summed E-state index contributed by atoms with van der Waals surface area (Å²) < 4.78 is 10.2. The molecule has 0 aromatic rings. The molecule has 3 heteroatoms. The van der Waals surface area contributed by atoms with Crippen molar-refractivity contribution in [3.63, 3.8) is 0 Å². The highest BCUT2D eigenvalue weighted by molar-refractivity contribution is 5.76. The second-order valence-corrected chi connectivity index (χ2v) is 5.19. The van der Waals surface area contributed by atoms with E-state index in [4.69, 9.17) is 9.47 Å². The van der Waals surface area contributed by atoms with Crippen molar-refractivity contribution < 1.29 is 14.3 Å². The monoisotopic (exact) mass is 248 g/mol. The lowest BCUT2D eigenvalue weighted by molar-refractivity contribution is -0.151. The second kappa shape index (κ2) is 5.53. The first-order chi connectivity index (χ1) is 8.58. The van der Waals surface area contributed by atoms with Crippen LogP contribution >= 0.6 is 0 Å². The van der Waals surface area contributed by atoms with Gasteiger partial charge in [0.2, 0.25) is 6.29 Å². The summed E-state index contributed by atoms with van der Waals surface area (Å²) in [5, 5.41) is 0. The summed E-state index contributed by atoms with van der Waals surface area (Å²) in [5.41, 5.74) is 1.17. The van der Waals surface area contributed by atoms with Gasteiger partial charge in [-0.3, -0.25) is 4.79 Å². The van der Waals surface area contributed by atoms with Gasteiger partial charge in [0.05, 0.1) is 5.92 Å². The zero-order chi connectivity index (χ0) is 13.1. The van der Waals surface area contributed by atoms with Crippen molar-refractivity contribution >= 4 is 5.97 Å². The molecule has 0 aromatic heterocycles. The highest BCUT2D eigenvalue weighted by atomic mass is 16.8. The molecule has 0 amide bonds. The molecule has 0 aliphatic carbocycles. The van der Waals surface area contributed by atoms with Crippen LogP contribution in [0.3, 0.4) is 0 Å². The van der Waals surface area contributed by atoms with Crippen molar-refractivity contribution in [2.45, 2.75) is 39.6 Å². The molecule has 2 aliphatic rings. The molecule has 18 heavy (non-hydrogen) atoms. The van der Waals surface area contributed by atoms with E-state index in [1.165, 1.54) is 5.57 Å². The summed E-state index contributed by atoms with van der Waals surface area (Å²) in [6.07, 6.45) is 10.8. The van der Waals surface area contributed by atoms with Gasteiger partial charge in [0.25, 0.3) is 0 Å². The summed E-state index contributed by atoms with van der Waals surface area (Å²) >= 11 is 0. The lowest BCUT2D eigenvalue weighted by Gasteiger charge is -2.03. The van der Waals surface area contributed by atoms with Crippen molar-refractivity contribution in [2.75, 3.05) is 0 Å². The lowest BCUT2D eigenvalue weighted by Crippen LogP contribution is -2.14. The van der Waals surface area contributed by atoms with Gasteiger partial charge in [0, 0.05) is 0 Å². The number of hydrogen-bond acceptors (Lipinski definition) is 3. The summed E-state index contributed by atoms with van der Waals surface area (Å²) in [4.78, 5) is 11.4. The number of carbonyl (C=O) groups is 1. The molecule has 2 heterocycles. The van der Waals surface area contributed by atoms with E-state index in [1.54, 1.807) is 0 Å². The van der Waals surface area contributed by atoms with E-state index in [1.807, 2.05) is 19.1 Å². The lowest BCUT2D eigenvalue weighted by atomic mass is 10.0. The molecular weight excluding hydrogens is 228 g/mol. The molecule has 2 saturated heterocycles. The number of rotatable bonds is 5. The van der Waals surface area contributed by atoms with E-state index >= 15 is 0 Å². The van der Waals surface area contributed by atoms with Crippen LogP contribution < -0.4 is 0 Å². The number of ether oxygens (including phenoxy) is 2. The molecule has 0 spiro atoms. The van der Waals surface area contributed by atoms with Crippen LogP contribution in [0.15, 0.2) is 36.0 Å². The number of esters is 1. The summed E-state index contributed by atoms with van der Waals surface area (Å²) in [7, 11) is 0. The maximum atomic E-state index is 11.4. The van der Waals surface area contributed by atoms with Gasteiger partial charge in [0.1, 0.15) is 6.10 Å². The molecule has 0 N–H and O–H groups in total. The van der Waals surface area contributed by atoms with Gasteiger partial charge in [-0.25, -0.2) is 0 Å². The van der Waals surface area contributed by atoms with E-state index in [0.717, 1.165) is 0 Å². The fraction of sp³-hybridized carbons (Fsp3) is 0.533. The molecule has 0 saturated carbocycles. The number of epoxide rings is 1. The maximum absolute atomic E-state index is 11.4. The van der Waals surface area contributed by atoms with Gasteiger partial charge >= 0.3 is 5.97 Å². The number of hydrogen-bond donors (Lipinski definition) is 0. The molecule has 3 nitrogen and oxygen atoms in total. The van der Waals surface area contributed by atoms with Crippen molar-refractivity contribution in [1.29, 1.82) is 0 Å². The predicted octanol–water partition coefficient (Wildman–Crippen LogP) is 2.99.